The van der Waals surface area contributed by atoms with Gasteiger partial charge in [-0.05, 0) is 24.6 Å². The largest absolute Gasteiger partial charge is 0.0785 e. The highest BCUT2D eigenvalue weighted by Gasteiger charge is 1.83. The zero-order chi connectivity index (χ0) is 7.94. The van der Waals surface area contributed by atoms with Crippen molar-refractivity contribution in [3.05, 3.63) is 60.0 Å². The third-order valence-electron chi connectivity index (χ3n) is 1.38. The van der Waals surface area contributed by atoms with E-state index in [0.29, 0.717) is 0 Å². The van der Waals surface area contributed by atoms with Gasteiger partial charge in [0.25, 0.3) is 0 Å². The lowest BCUT2D eigenvalue weighted by atomic mass is 10.1. The van der Waals surface area contributed by atoms with Crippen molar-refractivity contribution < 1.29 is 0 Å². The highest BCUT2D eigenvalue weighted by molar-refractivity contribution is 5.17. The second kappa shape index (κ2) is 4.35. The summed E-state index contributed by atoms with van der Waals surface area (Å²) < 4.78 is 0. The second-order valence-corrected chi connectivity index (χ2v) is 2.21. The minimum Gasteiger partial charge on any atom is -0.0785 e. The molecule has 0 aliphatic heterocycles. The first-order valence-electron chi connectivity index (χ1n) is 3.56. The van der Waals surface area contributed by atoms with E-state index in [1.807, 2.05) is 24.3 Å². The van der Waals surface area contributed by atoms with Crippen LogP contribution in [0.1, 0.15) is 5.56 Å². The number of rotatable bonds is 2. The van der Waals surface area contributed by atoms with Gasteiger partial charge in [0.15, 0.2) is 0 Å². The zero-order valence-electron chi connectivity index (χ0n) is 6.38. The standard InChI is InChI=1S/C11H10/c1-2-3-5-8-11-9-6-4-7-10-11/h4-7,9-10H,1,8H2. The average Bonchev–Trinajstić information content (AvgIpc) is 2.07. The van der Waals surface area contributed by atoms with Crippen molar-refractivity contribution in [1.82, 2.24) is 0 Å². The van der Waals surface area contributed by atoms with Crippen LogP contribution < -0.4 is 0 Å². The first-order valence-corrected chi connectivity index (χ1v) is 3.56. The second-order valence-electron chi connectivity index (χ2n) is 2.21. The Kier molecular flexibility index (Phi) is 3.02. The smallest absolute Gasteiger partial charge is 0.00148 e. The lowest BCUT2D eigenvalue weighted by Gasteiger charge is -1.90. The van der Waals surface area contributed by atoms with Crippen LogP contribution in [0.5, 0.6) is 0 Å². The summed E-state index contributed by atoms with van der Waals surface area (Å²) in [4.78, 5) is 0. The normalized spacial score (nSPS) is 8.00. The van der Waals surface area contributed by atoms with Gasteiger partial charge in [-0.25, -0.2) is 0 Å². The average molecular weight is 142 g/mol. The topological polar surface area (TPSA) is 0 Å². The van der Waals surface area contributed by atoms with Gasteiger partial charge in [-0.2, -0.15) is 0 Å². The van der Waals surface area contributed by atoms with Crippen molar-refractivity contribution in [1.29, 1.82) is 0 Å². The fourth-order valence-corrected chi connectivity index (χ4v) is 0.855. The fourth-order valence-electron chi connectivity index (χ4n) is 0.855. The Balaban J connectivity index is 2.66. The van der Waals surface area contributed by atoms with Crippen LogP contribution in [0.4, 0.5) is 0 Å². The molecule has 0 amide bonds. The maximum atomic E-state index is 3.42. The maximum absolute atomic E-state index is 3.42. The number of hydrogen-bond acceptors (Lipinski definition) is 0. The van der Waals surface area contributed by atoms with Crippen LogP contribution >= 0.6 is 0 Å². The van der Waals surface area contributed by atoms with E-state index in [1.54, 1.807) is 0 Å². The summed E-state index contributed by atoms with van der Waals surface area (Å²) in [7, 11) is 0. The molecule has 0 unspecified atom stereocenters. The summed E-state index contributed by atoms with van der Waals surface area (Å²) >= 11 is 0. The molecule has 0 atom stereocenters. The van der Waals surface area contributed by atoms with Gasteiger partial charge in [-0.1, -0.05) is 41.8 Å². The lowest BCUT2D eigenvalue weighted by Crippen LogP contribution is -1.76. The SMILES string of the molecule is C=C=C=CCc1ccccc1. The molecular weight excluding hydrogens is 132 g/mol. The third kappa shape index (κ3) is 2.73. The Morgan fingerprint density at radius 2 is 2.00 bits per heavy atom. The van der Waals surface area contributed by atoms with E-state index >= 15 is 0 Å². The molecule has 0 heteroatoms. The molecule has 0 heterocycles. The summed E-state index contributed by atoms with van der Waals surface area (Å²) in [5.74, 6) is 0. The highest BCUT2D eigenvalue weighted by Crippen LogP contribution is 1.98. The molecule has 0 fully saturated rings. The number of benzene rings is 1. The van der Waals surface area contributed by atoms with E-state index < -0.39 is 0 Å². The molecule has 0 bridgehead atoms. The summed E-state index contributed by atoms with van der Waals surface area (Å²) in [6, 6.07) is 10.2. The molecule has 0 aromatic heterocycles. The lowest BCUT2D eigenvalue weighted by molar-refractivity contribution is 1.28. The van der Waals surface area contributed by atoms with Crippen molar-refractivity contribution in [2.24, 2.45) is 0 Å². The third-order valence-corrected chi connectivity index (χ3v) is 1.38. The molecule has 0 N–H and O–H groups in total. The van der Waals surface area contributed by atoms with Gasteiger partial charge in [-0.3, -0.25) is 0 Å². The van der Waals surface area contributed by atoms with Crippen LogP contribution in [0, 0.1) is 0 Å². The molecule has 0 spiro atoms. The van der Waals surface area contributed by atoms with Gasteiger partial charge in [0.1, 0.15) is 0 Å². The Labute approximate surface area is 67.2 Å². The van der Waals surface area contributed by atoms with Crippen LogP contribution in [0.2, 0.25) is 0 Å². The van der Waals surface area contributed by atoms with E-state index in [0.717, 1.165) is 6.42 Å². The quantitative estimate of drug-likeness (QED) is 0.557. The van der Waals surface area contributed by atoms with E-state index in [1.165, 1.54) is 5.56 Å². The van der Waals surface area contributed by atoms with Crippen molar-refractivity contribution in [3.8, 4) is 0 Å². The number of hydrogen-bond donors (Lipinski definition) is 0. The molecule has 1 aromatic rings. The first-order chi connectivity index (χ1) is 5.43. The van der Waals surface area contributed by atoms with E-state index in [2.05, 4.69) is 30.2 Å². The molecule has 0 saturated heterocycles. The molecule has 0 radical (unpaired) electrons. The Bertz CT molecular complexity index is 283. The Morgan fingerprint density at radius 3 is 2.64 bits per heavy atom. The van der Waals surface area contributed by atoms with Crippen molar-refractivity contribution in [2.45, 2.75) is 6.42 Å². The number of allylic oxidation sites excluding steroid dienone is 1. The Morgan fingerprint density at radius 1 is 1.27 bits per heavy atom. The van der Waals surface area contributed by atoms with Gasteiger partial charge in [0, 0.05) is 0 Å². The summed E-state index contributed by atoms with van der Waals surface area (Å²) in [6.45, 7) is 3.42. The van der Waals surface area contributed by atoms with Crippen LogP contribution in [-0.2, 0) is 6.42 Å². The van der Waals surface area contributed by atoms with Crippen LogP contribution in [0.25, 0.3) is 0 Å². The van der Waals surface area contributed by atoms with Gasteiger partial charge >= 0.3 is 0 Å². The summed E-state index contributed by atoms with van der Waals surface area (Å²) in [6.07, 6.45) is 2.83. The van der Waals surface area contributed by atoms with Gasteiger partial charge in [0.05, 0.1) is 0 Å². The minimum absolute atomic E-state index is 0.906. The van der Waals surface area contributed by atoms with E-state index in [9.17, 15) is 0 Å². The summed E-state index contributed by atoms with van der Waals surface area (Å²) in [5, 5.41) is 0. The molecule has 1 aromatic carbocycles. The predicted octanol–water partition coefficient (Wildman–Crippen LogP) is 2.73. The van der Waals surface area contributed by atoms with Crippen molar-refractivity contribution >= 4 is 0 Å². The molecule has 54 valence electrons. The zero-order valence-corrected chi connectivity index (χ0v) is 6.38. The minimum atomic E-state index is 0.906. The molecule has 0 saturated carbocycles. The van der Waals surface area contributed by atoms with Gasteiger partial charge in [0.2, 0.25) is 0 Å². The van der Waals surface area contributed by atoms with Crippen molar-refractivity contribution in [2.75, 3.05) is 0 Å². The molecular formula is C11H10. The predicted molar refractivity (Wildman–Crippen MR) is 47.4 cm³/mol. The van der Waals surface area contributed by atoms with E-state index in [-0.39, 0.29) is 0 Å². The van der Waals surface area contributed by atoms with E-state index in [4.69, 9.17) is 0 Å². The van der Waals surface area contributed by atoms with Gasteiger partial charge < -0.3 is 0 Å². The molecule has 0 aliphatic rings. The molecule has 1 rings (SSSR count). The molecule has 11 heavy (non-hydrogen) atoms. The van der Waals surface area contributed by atoms with Crippen LogP contribution in [-0.4, -0.2) is 0 Å². The first kappa shape index (κ1) is 7.63. The summed E-state index contributed by atoms with van der Waals surface area (Å²) in [5.41, 5.74) is 6.68. The maximum Gasteiger partial charge on any atom is -0.00148 e. The van der Waals surface area contributed by atoms with Gasteiger partial charge in [-0.15, -0.1) is 0 Å². The van der Waals surface area contributed by atoms with Crippen LogP contribution in [0.15, 0.2) is 54.4 Å². The monoisotopic (exact) mass is 142 g/mol. The van der Waals surface area contributed by atoms with Crippen molar-refractivity contribution in [3.63, 3.8) is 0 Å². The highest BCUT2D eigenvalue weighted by atomic mass is 13.9. The Hall–Kier alpha value is -1.48. The molecule has 0 nitrogen and oxygen atoms in total. The van der Waals surface area contributed by atoms with Crippen LogP contribution in [0.3, 0.4) is 0 Å². The molecule has 0 aliphatic carbocycles. The fraction of sp³-hybridized carbons (Fsp3) is 0.0909.